The van der Waals surface area contributed by atoms with Gasteiger partial charge >= 0.3 is 0 Å². The molecular formula is C17H35NO3. The van der Waals surface area contributed by atoms with Gasteiger partial charge in [0.1, 0.15) is 0 Å². The first-order valence-corrected chi connectivity index (χ1v) is 8.41. The maximum atomic E-state index is 5.56. The van der Waals surface area contributed by atoms with E-state index in [0.29, 0.717) is 43.3 Å². The Morgan fingerprint density at radius 2 is 1.24 bits per heavy atom. The van der Waals surface area contributed by atoms with E-state index in [-0.39, 0.29) is 0 Å². The third-order valence-corrected chi connectivity index (χ3v) is 5.00. The third kappa shape index (κ3) is 5.85. The Morgan fingerprint density at radius 3 is 1.71 bits per heavy atom. The fourth-order valence-electron chi connectivity index (χ4n) is 2.77. The first-order valence-electron chi connectivity index (χ1n) is 8.41. The Labute approximate surface area is 130 Å². The van der Waals surface area contributed by atoms with E-state index in [4.69, 9.17) is 14.2 Å². The van der Waals surface area contributed by atoms with Crippen molar-refractivity contribution in [2.45, 2.75) is 53.5 Å². The minimum absolute atomic E-state index is 0.397. The van der Waals surface area contributed by atoms with Gasteiger partial charge in [-0.3, -0.25) is 0 Å². The van der Waals surface area contributed by atoms with Crippen LogP contribution in [-0.2, 0) is 14.2 Å². The summed E-state index contributed by atoms with van der Waals surface area (Å²) in [4.78, 5) is 0. The maximum absolute atomic E-state index is 5.56. The molecule has 4 nitrogen and oxygen atoms in total. The van der Waals surface area contributed by atoms with Crippen molar-refractivity contribution < 1.29 is 14.2 Å². The molecule has 126 valence electrons. The number of hydrogen-bond acceptors (Lipinski definition) is 4. The van der Waals surface area contributed by atoms with E-state index in [0.717, 1.165) is 26.2 Å². The summed E-state index contributed by atoms with van der Waals surface area (Å²) in [5.41, 5.74) is 0.793. The monoisotopic (exact) mass is 301 g/mol. The van der Waals surface area contributed by atoms with Gasteiger partial charge in [-0.05, 0) is 17.3 Å². The Morgan fingerprint density at radius 1 is 0.762 bits per heavy atom. The van der Waals surface area contributed by atoms with Crippen LogP contribution in [0.3, 0.4) is 0 Å². The van der Waals surface area contributed by atoms with Gasteiger partial charge in [0.15, 0.2) is 0 Å². The lowest BCUT2D eigenvalue weighted by Crippen LogP contribution is -2.26. The van der Waals surface area contributed by atoms with E-state index in [1.165, 1.54) is 6.42 Å². The van der Waals surface area contributed by atoms with Crippen molar-refractivity contribution >= 4 is 0 Å². The van der Waals surface area contributed by atoms with Crippen molar-refractivity contribution in [3.8, 4) is 0 Å². The van der Waals surface area contributed by atoms with Crippen LogP contribution in [0, 0.1) is 10.8 Å². The lowest BCUT2D eigenvalue weighted by Gasteiger charge is -2.08. The highest BCUT2D eigenvalue weighted by atomic mass is 16.5. The van der Waals surface area contributed by atoms with Gasteiger partial charge < -0.3 is 19.5 Å². The number of rotatable bonds is 13. The van der Waals surface area contributed by atoms with Gasteiger partial charge in [-0.25, -0.2) is 0 Å². The molecule has 1 rings (SSSR count). The molecule has 0 radical (unpaired) electrons. The van der Waals surface area contributed by atoms with Gasteiger partial charge in [0.25, 0.3) is 0 Å². The van der Waals surface area contributed by atoms with E-state index in [2.05, 4.69) is 39.9 Å². The van der Waals surface area contributed by atoms with E-state index in [1.807, 2.05) is 0 Å². The molecule has 0 amide bonds. The molecule has 0 spiro atoms. The highest BCUT2D eigenvalue weighted by molar-refractivity contribution is 5.17. The second kappa shape index (κ2) is 9.09. The molecule has 0 atom stereocenters. The molecule has 0 unspecified atom stereocenters. The van der Waals surface area contributed by atoms with E-state index < -0.39 is 0 Å². The molecular weight excluding hydrogens is 266 g/mol. The highest BCUT2D eigenvalue weighted by Gasteiger charge is 2.64. The SMILES string of the molecule is CCCCOCCOCCOCCNC1C(C)(C)C1(C)C. The summed E-state index contributed by atoms with van der Waals surface area (Å²) in [6, 6.07) is 0.602. The zero-order valence-corrected chi connectivity index (χ0v) is 14.7. The first-order chi connectivity index (χ1) is 9.94. The van der Waals surface area contributed by atoms with Gasteiger partial charge in [0.2, 0.25) is 0 Å². The van der Waals surface area contributed by atoms with E-state index >= 15 is 0 Å². The Bertz CT molecular complexity index is 265. The third-order valence-electron chi connectivity index (χ3n) is 5.00. The lowest BCUT2D eigenvalue weighted by atomic mass is 10.0. The van der Waals surface area contributed by atoms with Crippen molar-refractivity contribution in [3.05, 3.63) is 0 Å². The van der Waals surface area contributed by atoms with Crippen LogP contribution in [0.25, 0.3) is 0 Å². The van der Waals surface area contributed by atoms with Crippen molar-refractivity contribution in [3.63, 3.8) is 0 Å². The molecule has 0 bridgehead atoms. The topological polar surface area (TPSA) is 39.7 Å². The molecule has 0 saturated heterocycles. The molecule has 1 N–H and O–H groups in total. The summed E-state index contributed by atoms with van der Waals surface area (Å²) in [7, 11) is 0. The summed E-state index contributed by atoms with van der Waals surface area (Å²) < 4.78 is 16.4. The lowest BCUT2D eigenvalue weighted by molar-refractivity contribution is 0.0145. The number of ether oxygens (including phenoxy) is 3. The van der Waals surface area contributed by atoms with Crippen LogP contribution in [0.15, 0.2) is 0 Å². The van der Waals surface area contributed by atoms with Crippen LogP contribution in [0.2, 0.25) is 0 Å². The molecule has 4 heteroatoms. The molecule has 1 saturated carbocycles. The number of nitrogens with one attached hydrogen (secondary N) is 1. The van der Waals surface area contributed by atoms with Gasteiger partial charge in [-0.2, -0.15) is 0 Å². The fourth-order valence-corrected chi connectivity index (χ4v) is 2.77. The van der Waals surface area contributed by atoms with Crippen LogP contribution >= 0.6 is 0 Å². The van der Waals surface area contributed by atoms with Crippen molar-refractivity contribution in [1.29, 1.82) is 0 Å². The molecule has 21 heavy (non-hydrogen) atoms. The normalized spacial score (nSPS) is 19.9. The smallest absolute Gasteiger partial charge is 0.0701 e. The molecule has 1 aliphatic carbocycles. The zero-order chi connectivity index (χ0) is 15.8. The summed E-state index contributed by atoms with van der Waals surface area (Å²) >= 11 is 0. The number of unbranched alkanes of at least 4 members (excludes halogenated alkanes) is 1. The fraction of sp³-hybridized carbons (Fsp3) is 1.00. The second-order valence-corrected chi connectivity index (χ2v) is 7.02. The summed E-state index contributed by atoms with van der Waals surface area (Å²) in [6.45, 7) is 16.6. The van der Waals surface area contributed by atoms with E-state index in [9.17, 15) is 0 Å². The predicted molar refractivity (Wildman–Crippen MR) is 86.7 cm³/mol. The molecule has 0 aliphatic heterocycles. The standard InChI is InChI=1S/C17H35NO3/c1-6-7-9-19-11-13-21-14-12-20-10-8-18-15-16(2,3)17(15,4)5/h15,18H,6-14H2,1-5H3. The average molecular weight is 301 g/mol. The molecule has 1 aliphatic rings. The van der Waals surface area contributed by atoms with Gasteiger partial charge in [0.05, 0.1) is 33.0 Å². The number of hydrogen-bond donors (Lipinski definition) is 1. The summed E-state index contributed by atoms with van der Waals surface area (Å²) in [5, 5.41) is 3.58. The van der Waals surface area contributed by atoms with Gasteiger partial charge in [0, 0.05) is 19.2 Å². The van der Waals surface area contributed by atoms with Crippen LogP contribution in [0.4, 0.5) is 0 Å². The zero-order valence-electron chi connectivity index (χ0n) is 14.7. The molecule has 0 aromatic carbocycles. The maximum Gasteiger partial charge on any atom is 0.0701 e. The Hall–Kier alpha value is -0.160. The van der Waals surface area contributed by atoms with E-state index in [1.54, 1.807) is 0 Å². The second-order valence-electron chi connectivity index (χ2n) is 7.02. The van der Waals surface area contributed by atoms with Crippen molar-refractivity contribution in [2.75, 3.05) is 46.2 Å². The predicted octanol–water partition coefficient (Wildman–Crippen LogP) is 2.86. The van der Waals surface area contributed by atoms with Crippen LogP contribution in [0.1, 0.15) is 47.5 Å². The quantitative estimate of drug-likeness (QED) is 0.531. The molecule has 0 aromatic heterocycles. The van der Waals surface area contributed by atoms with Crippen LogP contribution in [-0.4, -0.2) is 52.2 Å². The van der Waals surface area contributed by atoms with Gasteiger partial charge in [-0.15, -0.1) is 0 Å². The van der Waals surface area contributed by atoms with Crippen LogP contribution < -0.4 is 5.32 Å². The average Bonchev–Trinajstić information content (AvgIpc) is 2.81. The minimum atomic E-state index is 0.397. The minimum Gasteiger partial charge on any atom is -0.379 e. The summed E-state index contributed by atoms with van der Waals surface area (Å²) in [6.07, 6.45) is 2.31. The largest absolute Gasteiger partial charge is 0.379 e. The highest BCUT2D eigenvalue weighted by Crippen LogP contribution is 2.62. The molecule has 1 fully saturated rings. The molecule has 0 heterocycles. The van der Waals surface area contributed by atoms with Crippen LogP contribution in [0.5, 0.6) is 0 Å². The first kappa shape index (κ1) is 18.9. The summed E-state index contributed by atoms with van der Waals surface area (Å²) in [5.74, 6) is 0. The van der Waals surface area contributed by atoms with Crippen molar-refractivity contribution in [2.24, 2.45) is 10.8 Å². The molecule has 0 aromatic rings. The van der Waals surface area contributed by atoms with Gasteiger partial charge in [-0.1, -0.05) is 41.0 Å². The Kier molecular flexibility index (Phi) is 8.17. The van der Waals surface area contributed by atoms with Crippen molar-refractivity contribution in [1.82, 2.24) is 5.32 Å². The Balaban J connectivity index is 1.80.